The van der Waals surface area contributed by atoms with Gasteiger partial charge in [0.15, 0.2) is 11.5 Å². The van der Waals surface area contributed by atoms with Crippen LogP contribution in [-0.4, -0.2) is 28.4 Å². The summed E-state index contributed by atoms with van der Waals surface area (Å²) in [5.74, 6) is 0.329. The maximum Gasteiger partial charge on any atom is 0.258 e. The number of nitrogens with one attached hydrogen (secondary N) is 2. The second kappa shape index (κ2) is 9.91. The van der Waals surface area contributed by atoms with Gasteiger partial charge in [0.1, 0.15) is 5.82 Å². The minimum absolute atomic E-state index is 0.0434. The molecular weight excluding hydrogens is 449 g/mol. The monoisotopic (exact) mass is 471 g/mol. The third-order valence-corrected chi connectivity index (χ3v) is 5.25. The van der Waals surface area contributed by atoms with Gasteiger partial charge in [-0.25, -0.2) is 9.38 Å². The highest BCUT2D eigenvalue weighted by molar-refractivity contribution is 6.31. The molecule has 0 unspecified atom stereocenters. The molecule has 3 aromatic rings. The number of anilines is 1. The molecule has 10 heteroatoms. The van der Waals surface area contributed by atoms with Crippen LogP contribution in [0.3, 0.4) is 0 Å². The summed E-state index contributed by atoms with van der Waals surface area (Å²) in [6, 6.07) is 9.07. The molecule has 2 N–H and O–H groups in total. The normalized spacial score (nSPS) is 12.7. The van der Waals surface area contributed by atoms with E-state index >= 15 is 0 Å². The van der Waals surface area contributed by atoms with Crippen LogP contribution in [0.2, 0.25) is 5.02 Å². The van der Waals surface area contributed by atoms with Crippen molar-refractivity contribution in [3.63, 3.8) is 0 Å². The number of hydrogen-bond acceptors (Lipinski definition) is 5. The van der Waals surface area contributed by atoms with Crippen molar-refractivity contribution in [3.8, 4) is 11.5 Å². The highest BCUT2D eigenvalue weighted by Gasteiger charge is 2.17. The van der Waals surface area contributed by atoms with Gasteiger partial charge in [-0.1, -0.05) is 18.5 Å². The molecule has 33 heavy (non-hydrogen) atoms. The Morgan fingerprint density at radius 3 is 2.85 bits per heavy atom. The molecule has 1 amide bonds. The fraction of sp³-hybridized carbons (Fsp3) is 0.261. The lowest BCUT2D eigenvalue weighted by Gasteiger charge is -2.12. The molecule has 0 saturated heterocycles. The predicted molar refractivity (Wildman–Crippen MR) is 123 cm³/mol. The minimum atomic E-state index is -0.538. The Kier molecular flexibility index (Phi) is 6.79. The Bertz CT molecular complexity index is 1210. The number of carbonyl (C=O) groups is 1. The predicted octanol–water partition coefficient (Wildman–Crippen LogP) is 4.52. The first-order valence-electron chi connectivity index (χ1n) is 10.4. The molecule has 0 radical (unpaired) electrons. The van der Waals surface area contributed by atoms with Crippen LogP contribution >= 0.6 is 11.6 Å². The lowest BCUT2D eigenvalue weighted by Crippen LogP contribution is -2.36. The molecule has 2 aromatic carbocycles. The number of halogens is 2. The number of ether oxygens (including phenoxy) is 2. The average molecular weight is 472 g/mol. The number of amides is 1. The van der Waals surface area contributed by atoms with Crippen molar-refractivity contribution in [2.24, 2.45) is 4.99 Å². The summed E-state index contributed by atoms with van der Waals surface area (Å²) < 4.78 is 26.1. The second-order valence-electron chi connectivity index (χ2n) is 7.44. The summed E-state index contributed by atoms with van der Waals surface area (Å²) in [5, 5.41) is 10.2. The van der Waals surface area contributed by atoms with Crippen LogP contribution in [0.4, 0.5) is 10.1 Å². The molecular formula is C23H23ClFN5O3. The lowest BCUT2D eigenvalue weighted by molar-refractivity contribution is 0.0976. The summed E-state index contributed by atoms with van der Waals surface area (Å²) in [6.07, 6.45) is 2.90. The maximum absolute atomic E-state index is 13.6. The van der Waals surface area contributed by atoms with E-state index in [2.05, 4.69) is 27.6 Å². The first-order chi connectivity index (χ1) is 15.9. The van der Waals surface area contributed by atoms with Crippen molar-refractivity contribution in [2.45, 2.75) is 33.4 Å². The van der Waals surface area contributed by atoms with E-state index in [0.29, 0.717) is 22.7 Å². The van der Waals surface area contributed by atoms with Crippen LogP contribution in [0.1, 0.15) is 35.0 Å². The van der Waals surface area contributed by atoms with E-state index in [-0.39, 0.29) is 24.3 Å². The zero-order chi connectivity index (χ0) is 23.4. The number of guanidine groups is 1. The summed E-state index contributed by atoms with van der Waals surface area (Å²) in [7, 11) is 0. The highest BCUT2D eigenvalue weighted by Crippen LogP contribution is 2.32. The Labute approximate surface area is 195 Å². The molecule has 0 aliphatic carbocycles. The maximum atomic E-state index is 13.6. The summed E-state index contributed by atoms with van der Waals surface area (Å²) in [6.45, 7) is 5.20. The van der Waals surface area contributed by atoms with Gasteiger partial charge in [0, 0.05) is 29.6 Å². The van der Waals surface area contributed by atoms with Crippen molar-refractivity contribution in [2.75, 3.05) is 12.1 Å². The molecule has 4 rings (SSSR count). The van der Waals surface area contributed by atoms with Gasteiger partial charge in [-0.15, -0.1) is 0 Å². The van der Waals surface area contributed by atoms with Crippen molar-refractivity contribution in [1.29, 1.82) is 0 Å². The van der Waals surface area contributed by atoms with Gasteiger partial charge < -0.3 is 14.8 Å². The molecule has 1 aliphatic rings. The molecule has 1 aliphatic heterocycles. The third-order valence-electron chi connectivity index (χ3n) is 4.96. The van der Waals surface area contributed by atoms with Crippen LogP contribution in [0.5, 0.6) is 11.5 Å². The smallest absolute Gasteiger partial charge is 0.258 e. The van der Waals surface area contributed by atoms with Crippen LogP contribution in [0.25, 0.3) is 0 Å². The molecule has 1 aromatic heterocycles. The molecule has 0 saturated carbocycles. The first kappa shape index (κ1) is 22.6. The lowest BCUT2D eigenvalue weighted by atomic mass is 10.2. The van der Waals surface area contributed by atoms with E-state index in [1.165, 1.54) is 18.2 Å². The van der Waals surface area contributed by atoms with Crippen molar-refractivity contribution in [1.82, 2.24) is 15.1 Å². The standard InChI is InChI=1S/C23H23ClFN5O3/c1-3-8-30-12-16(14(2)29-30)11-26-23(27-17-5-6-19(25)18(24)10-17)28-22(31)15-4-7-20-21(9-15)33-13-32-20/h4-7,9-10,12H,3,8,11,13H2,1-2H3,(H2,26,27,28,31). The van der Waals surface area contributed by atoms with Gasteiger partial charge in [-0.2, -0.15) is 5.10 Å². The molecule has 0 bridgehead atoms. The Balaban J connectivity index is 1.56. The Morgan fingerprint density at radius 1 is 1.24 bits per heavy atom. The third kappa shape index (κ3) is 5.43. The minimum Gasteiger partial charge on any atom is -0.454 e. The van der Waals surface area contributed by atoms with Crippen LogP contribution in [0, 0.1) is 12.7 Å². The molecule has 0 fully saturated rings. The number of fused-ring (bicyclic) bond motifs is 1. The van der Waals surface area contributed by atoms with Gasteiger partial charge >= 0.3 is 0 Å². The number of aryl methyl sites for hydroxylation is 2. The first-order valence-corrected chi connectivity index (χ1v) is 10.8. The highest BCUT2D eigenvalue weighted by atomic mass is 35.5. The molecule has 0 atom stereocenters. The Hall–Kier alpha value is -3.59. The van der Waals surface area contributed by atoms with Gasteiger partial charge in [-0.3, -0.25) is 14.8 Å². The zero-order valence-corrected chi connectivity index (χ0v) is 18.9. The van der Waals surface area contributed by atoms with Crippen LogP contribution < -0.4 is 20.1 Å². The van der Waals surface area contributed by atoms with Crippen LogP contribution in [-0.2, 0) is 13.1 Å². The van der Waals surface area contributed by atoms with Gasteiger partial charge in [0.25, 0.3) is 5.91 Å². The number of hydrogen-bond donors (Lipinski definition) is 2. The van der Waals surface area contributed by atoms with Gasteiger partial charge in [0.2, 0.25) is 12.8 Å². The van der Waals surface area contributed by atoms with E-state index in [9.17, 15) is 9.18 Å². The summed E-state index contributed by atoms with van der Waals surface area (Å²) in [5.41, 5.74) is 2.64. The van der Waals surface area contributed by atoms with E-state index in [1.54, 1.807) is 18.2 Å². The summed E-state index contributed by atoms with van der Waals surface area (Å²) >= 11 is 5.90. The fourth-order valence-corrected chi connectivity index (χ4v) is 3.44. The molecule has 0 spiro atoms. The van der Waals surface area contributed by atoms with Crippen molar-refractivity contribution < 1.29 is 18.7 Å². The van der Waals surface area contributed by atoms with E-state index in [4.69, 9.17) is 21.1 Å². The van der Waals surface area contributed by atoms with Crippen molar-refractivity contribution >= 4 is 29.2 Å². The average Bonchev–Trinajstić information content (AvgIpc) is 3.40. The largest absolute Gasteiger partial charge is 0.454 e. The fourth-order valence-electron chi connectivity index (χ4n) is 3.26. The molecule has 2 heterocycles. The van der Waals surface area contributed by atoms with Crippen molar-refractivity contribution in [3.05, 3.63) is 70.3 Å². The van der Waals surface area contributed by atoms with Gasteiger partial charge in [-0.05, 0) is 49.7 Å². The second-order valence-corrected chi connectivity index (χ2v) is 7.85. The molecule has 8 nitrogen and oxygen atoms in total. The number of aliphatic imine (C=N–C) groups is 1. The number of nitrogens with zero attached hydrogens (tertiary/aromatic N) is 3. The SMILES string of the molecule is CCCn1cc(CN=C(NC(=O)c2ccc3c(c2)OCO3)Nc2ccc(F)c(Cl)c2)c(C)n1. The number of aromatic nitrogens is 2. The quantitative estimate of drug-likeness (QED) is 0.407. The van der Waals surface area contributed by atoms with E-state index in [0.717, 1.165) is 24.2 Å². The molecule has 172 valence electrons. The Morgan fingerprint density at radius 2 is 2.06 bits per heavy atom. The number of carbonyl (C=O) groups excluding carboxylic acids is 1. The van der Waals surface area contributed by atoms with E-state index < -0.39 is 11.7 Å². The topological polar surface area (TPSA) is 89.8 Å². The number of rotatable bonds is 6. The number of benzene rings is 2. The van der Waals surface area contributed by atoms with Gasteiger partial charge in [0.05, 0.1) is 17.3 Å². The van der Waals surface area contributed by atoms with E-state index in [1.807, 2.05) is 17.8 Å². The zero-order valence-electron chi connectivity index (χ0n) is 18.2. The summed E-state index contributed by atoms with van der Waals surface area (Å²) in [4.78, 5) is 17.4. The van der Waals surface area contributed by atoms with Crippen LogP contribution in [0.15, 0.2) is 47.6 Å².